The summed E-state index contributed by atoms with van der Waals surface area (Å²) < 4.78 is 10.3. The van der Waals surface area contributed by atoms with Gasteiger partial charge in [0.05, 0.1) is 0 Å². The topological polar surface area (TPSA) is 72.8 Å². The van der Waals surface area contributed by atoms with Crippen LogP contribution in [0.15, 0.2) is 0 Å². The van der Waals surface area contributed by atoms with Gasteiger partial charge < -0.3 is 14.6 Å². The zero-order chi connectivity index (χ0) is 33.2. The van der Waals surface area contributed by atoms with E-state index in [9.17, 15) is 14.7 Å². The van der Waals surface area contributed by atoms with Crippen molar-refractivity contribution in [2.75, 3.05) is 13.2 Å². The van der Waals surface area contributed by atoms with E-state index in [4.69, 9.17) is 9.47 Å². The lowest BCUT2D eigenvalue weighted by Crippen LogP contribution is -2.25. The van der Waals surface area contributed by atoms with E-state index < -0.39 is 6.10 Å². The third-order valence-corrected chi connectivity index (χ3v) is 8.95. The van der Waals surface area contributed by atoms with Gasteiger partial charge in [-0.05, 0) is 24.7 Å². The van der Waals surface area contributed by atoms with Gasteiger partial charge in [-0.15, -0.1) is 0 Å². The maximum absolute atomic E-state index is 12.0. The summed E-state index contributed by atoms with van der Waals surface area (Å²) in [5, 5.41) is 10.0. The van der Waals surface area contributed by atoms with Crippen molar-refractivity contribution in [1.29, 1.82) is 0 Å². The third-order valence-electron chi connectivity index (χ3n) is 8.95. The van der Waals surface area contributed by atoms with Crippen molar-refractivity contribution in [3.05, 3.63) is 0 Å². The van der Waals surface area contributed by atoms with Crippen LogP contribution < -0.4 is 0 Å². The first-order valence-electron chi connectivity index (χ1n) is 19.8. The minimum absolute atomic E-state index is 0.109. The number of aliphatic hydroxyl groups excluding tert-OH is 1. The number of ether oxygens (including phenoxy) is 2. The van der Waals surface area contributed by atoms with Crippen LogP contribution in [0.1, 0.15) is 214 Å². The predicted octanol–water partition coefficient (Wildman–Crippen LogP) is 12.1. The summed E-state index contributed by atoms with van der Waals surface area (Å²) in [6, 6.07) is 0. The fourth-order valence-electron chi connectivity index (χ4n) is 5.93. The molecule has 0 spiro atoms. The Hall–Kier alpha value is -1.10. The van der Waals surface area contributed by atoms with Gasteiger partial charge in [-0.3, -0.25) is 9.59 Å². The van der Waals surface area contributed by atoms with Gasteiger partial charge in [0, 0.05) is 12.8 Å². The highest BCUT2D eigenvalue weighted by Crippen LogP contribution is 2.16. The van der Waals surface area contributed by atoms with Crippen molar-refractivity contribution in [3.8, 4) is 0 Å². The molecule has 0 heterocycles. The van der Waals surface area contributed by atoms with Crippen LogP contribution in [0.2, 0.25) is 0 Å². The summed E-state index contributed by atoms with van der Waals surface area (Å²) in [6.45, 7) is 9.01. The molecule has 0 amide bonds. The summed E-state index contributed by atoms with van der Waals surface area (Å²) in [6.07, 6.45) is 34.4. The molecule has 0 unspecified atom stereocenters. The van der Waals surface area contributed by atoms with E-state index in [-0.39, 0.29) is 25.2 Å². The van der Waals surface area contributed by atoms with E-state index in [1.807, 2.05) is 0 Å². The van der Waals surface area contributed by atoms with Gasteiger partial charge in [0.1, 0.15) is 19.3 Å². The smallest absolute Gasteiger partial charge is 0.305 e. The second-order valence-corrected chi connectivity index (χ2v) is 14.7. The molecule has 0 aliphatic heterocycles. The zero-order valence-corrected chi connectivity index (χ0v) is 30.7. The van der Waals surface area contributed by atoms with Crippen molar-refractivity contribution in [1.82, 2.24) is 0 Å². The molecule has 5 nitrogen and oxygen atoms in total. The van der Waals surface area contributed by atoms with Gasteiger partial charge in [0.2, 0.25) is 0 Å². The second-order valence-electron chi connectivity index (χ2n) is 14.7. The fraction of sp³-hybridized carbons (Fsp3) is 0.950. The van der Waals surface area contributed by atoms with Gasteiger partial charge in [0.15, 0.2) is 0 Å². The van der Waals surface area contributed by atoms with Crippen LogP contribution in [0.3, 0.4) is 0 Å². The quantitative estimate of drug-likeness (QED) is 0.0552. The fourth-order valence-corrected chi connectivity index (χ4v) is 5.93. The molecule has 0 saturated carbocycles. The molecule has 45 heavy (non-hydrogen) atoms. The van der Waals surface area contributed by atoms with Gasteiger partial charge in [0.25, 0.3) is 0 Å². The molecule has 0 rings (SSSR count). The molecule has 268 valence electrons. The second kappa shape index (κ2) is 34.2. The number of rotatable bonds is 35. The van der Waals surface area contributed by atoms with E-state index in [1.54, 1.807) is 0 Å². The number of esters is 2. The molecule has 0 aromatic heterocycles. The molecule has 0 radical (unpaired) electrons. The van der Waals surface area contributed by atoms with Crippen LogP contribution in [0, 0.1) is 11.8 Å². The lowest BCUT2D eigenvalue weighted by atomic mass is 10.0. The van der Waals surface area contributed by atoms with Crippen LogP contribution in [-0.4, -0.2) is 36.4 Å². The Morgan fingerprint density at radius 2 is 0.622 bits per heavy atom. The molecule has 1 atom stereocenters. The lowest BCUT2D eigenvalue weighted by Gasteiger charge is -2.12. The Labute approximate surface area is 280 Å². The summed E-state index contributed by atoms with van der Waals surface area (Å²) in [7, 11) is 0. The zero-order valence-electron chi connectivity index (χ0n) is 30.7. The molecular formula is C40H78O5. The number of unbranched alkanes of at least 4 members (excludes halogenated alkanes) is 23. The first kappa shape index (κ1) is 43.9. The van der Waals surface area contributed by atoms with E-state index in [0.717, 1.165) is 43.9 Å². The van der Waals surface area contributed by atoms with E-state index in [1.165, 1.54) is 141 Å². The van der Waals surface area contributed by atoms with Crippen LogP contribution in [0.25, 0.3) is 0 Å². The molecule has 1 N–H and O–H groups in total. The molecule has 0 aromatic rings. The molecule has 0 aliphatic rings. The average molecular weight is 639 g/mol. The van der Waals surface area contributed by atoms with E-state index in [0.29, 0.717) is 12.8 Å². The molecule has 0 saturated heterocycles. The predicted molar refractivity (Wildman–Crippen MR) is 191 cm³/mol. The third kappa shape index (κ3) is 37.2. The van der Waals surface area contributed by atoms with Crippen LogP contribution in [-0.2, 0) is 19.1 Å². The van der Waals surface area contributed by atoms with Crippen LogP contribution >= 0.6 is 0 Å². The van der Waals surface area contributed by atoms with Crippen molar-refractivity contribution >= 4 is 11.9 Å². The number of aliphatic hydroxyl groups is 1. The van der Waals surface area contributed by atoms with Gasteiger partial charge in [-0.1, -0.05) is 188 Å². The molecule has 0 bridgehead atoms. The van der Waals surface area contributed by atoms with E-state index >= 15 is 0 Å². The Morgan fingerprint density at radius 3 is 0.867 bits per heavy atom. The SMILES string of the molecule is CC(C)CCCCCCCCCCCCCCCCCC(=O)OC[C@@H](O)COC(=O)CCCCCCCCCCCCC(C)C. The summed E-state index contributed by atoms with van der Waals surface area (Å²) in [5.74, 6) is 1.13. The van der Waals surface area contributed by atoms with E-state index in [2.05, 4.69) is 27.7 Å². The van der Waals surface area contributed by atoms with Crippen LogP contribution in [0.4, 0.5) is 0 Å². The maximum atomic E-state index is 12.0. The molecule has 0 aliphatic carbocycles. The molecular weight excluding hydrogens is 560 g/mol. The van der Waals surface area contributed by atoms with Crippen molar-refractivity contribution in [2.45, 2.75) is 220 Å². The normalized spacial score (nSPS) is 12.2. The summed E-state index contributed by atoms with van der Waals surface area (Å²) in [4.78, 5) is 23.9. The monoisotopic (exact) mass is 639 g/mol. The van der Waals surface area contributed by atoms with Gasteiger partial charge in [-0.2, -0.15) is 0 Å². The Bertz CT molecular complexity index is 632. The minimum Gasteiger partial charge on any atom is -0.463 e. The highest BCUT2D eigenvalue weighted by atomic mass is 16.6. The number of hydrogen-bond acceptors (Lipinski definition) is 5. The first-order chi connectivity index (χ1) is 21.8. The van der Waals surface area contributed by atoms with Crippen molar-refractivity contribution in [2.24, 2.45) is 11.8 Å². The van der Waals surface area contributed by atoms with Gasteiger partial charge in [-0.25, -0.2) is 0 Å². The number of carbonyl (C=O) groups is 2. The summed E-state index contributed by atoms with van der Waals surface area (Å²) in [5.41, 5.74) is 0. The molecule has 0 aromatic carbocycles. The molecule has 0 fully saturated rings. The largest absolute Gasteiger partial charge is 0.463 e. The summed E-state index contributed by atoms with van der Waals surface area (Å²) >= 11 is 0. The minimum atomic E-state index is -0.956. The van der Waals surface area contributed by atoms with Crippen molar-refractivity contribution in [3.63, 3.8) is 0 Å². The first-order valence-corrected chi connectivity index (χ1v) is 19.8. The highest BCUT2D eigenvalue weighted by Gasteiger charge is 2.12. The van der Waals surface area contributed by atoms with Crippen molar-refractivity contribution < 1.29 is 24.2 Å². The number of carbonyl (C=O) groups excluding carboxylic acids is 2. The standard InChI is InChI=1S/C40H78O5/c1-36(2)30-26-22-18-14-10-8-6-5-7-9-11-16-20-24-28-32-39(42)44-34-38(41)35-45-40(43)33-29-25-21-17-13-12-15-19-23-27-31-37(3)4/h36-38,41H,5-35H2,1-4H3/t38-/m1/s1. The highest BCUT2D eigenvalue weighted by molar-refractivity contribution is 5.69. The average Bonchev–Trinajstić information content (AvgIpc) is 3.00. The Morgan fingerprint density at radius 1 is 0.400 bits per heavy atom. The molecule has 5 heteroatoms. The Balaban J connectivity index is 3.38. The number of hydrogen-bond donors (Lipinski definition) is 1. The maximum Gasteiger partial charge on any atom is 0.305 e. The van der Waals surface area contributed by atoms with Gasteiger partial charge >= 0.3 is 11.9 Å². The Kier molecular flexibility index (Phi) is 33.4. The lowest BCUT2D eigenvalue weighted by molar-refractivity contribution is -0.152. The van der Waals surface area contributed by atoms with Crippen LogP contribution in [0.5, 0.6) is 0 Å².